The van der Waals surface area contributed by atoms with Crippen LogP contribution in [0.4, 0.5) is 0 Å². The van der Waals surface area contributed by atoms with Crippen molar-refractivity contribution in [2.75, 3.05) is 6.54 Å². The number of nitrogens with zero attached hydrogens (tertiary/aromatic N) is 1. The highest BCUT2D eigenvalue weighted by molar-refractivity contribution is 6.29. The maximum absolute atomic E-state index is 12.0. The predicted octanol–water partition coefficient (Wildman–Crippen LogP) is 2.62. The van der Waals surface area contributed by atoms with E-state index < -0.39 is 0 Å². The Hall–Kier alpha value is -0.780. The third-order valence-electron chi connectivity index (χ3n) is 4.10. The first kappa shape index (κ1) is 18.3. The number of carbonyl (C=O) groups excluding carboxylic acids is 1. The fourth-order valence-corrected chi connectivity index (χ4v) is 3.10. The quantitative estimate of drug-likeness (QED) is 0.866. The van der Waals surface area contributed by atoms with Crippen LogP contribution in [0.2, 0.25) is 5.22 Å². The molecule has 1 aliphatic rings. The van der Waals surface area contributed by atoms with Crippen LogP contribution >= 0.6 is 24.0 Å². The SMILES string of the molecule is Cc1noc(Cl)c1CCC(=O)NC1CCCCC1CN.Cl. The van der Waals surface area contributed by atoms with E-state index in [1.54, 1.807) is 0 Å². The first-order valence-electron chi connectivity index (χ1n) is 7.22. The summed E-state index contributed by atoms with van der Waals surface area (Å²) in [4.78, 5) is 12.0. The van der Waals surface area contributed by atoms with Crippen molar-refractivity contribution in [2.24, 2.45) is 11.7 Å². The van der Waals surface area contributed by atoms with Crippen LogP contribution in [0.5, 0.6) is 0 Å². The van der Waals surface area contributed by atoms with Gasteiger partial charge in [-0.3, -0.25) is 4.79 Å². The average Bonchev–Trinajstić information content (AvgIpc) is 2.76. The van der Waals surface area contributed by atoms with Crippen molar-refractivity contribution in [3.8, 4) is 0 Å². The minimum Gasteiger partial charge on any atom is -0.353 e. The van der Waals surface area contributed by atoms with Gasteiger partial charge in [-0.15, -0.1) is 12.4 Å². The second kappa shape index (κ2) is 8.61. The summed E-state index contributed by atoms with van der Waals surface area (Å²) in [6.45, 7) is 2.47. The van der Waals surface area contributed by atoms with Crippen molar-refractivity contribution >= 4 is 29.9 Å². The number of aromatic nitrogens is 1. The zero-order chi connectivity index (χ0) is 14.5. The minimum atomic E-state index is 0. The van der Waals surface area contributed by atoms with Gasteiger partial charge < -0.3 is 15.6 Å². The molecular weight excluding hydrogens is 313 g/mol. The first-order chi connectivity index (χ1) is 9.61. The largest absolute Gasteiger partial charge is 0.353 e. The molecule has 0 spiro atoms. The molecule has 0 radical (unpaired) electrons. The summed E-state index contributed by atoms with van der Waals surface area (Å²) in [7, 11) is 0. The molecule has 1 aromatic rings. The van der Waals surface area contributed by atoms with Gasteiger partial charge in [0.05, 0.1) is 5.69 Å². The third-order valence-corrected chi connectivity index (χ3v) is 4.39. The smallest absolute Gasteiger partial charge is 0.229 e. The number of aryl methyl sites for hydroxylation is 1. The van der Waals surface area contributed by atoms with E-state index in [1.165, 1.54) is 6.42 Å². The van der Waals surface area contributed by atoms with Gasteiger partial charge in [0.1, 0.15) is 0 Å². The van der Waals surface area contributed by atoms with Gasteiger partial charge in [0.15, 0.2) is 0 Å². The van der Waals surface area contributed by atoms with Gasteiger partial charge in [0, 0.05) is 18.0 Å². The summed E-state index contributed by atoms with van der Waals surface area (Å²) in [6, 6.07) is 0.222. The highest BCUT2D eigenvalue weighted by atomic mass is 35.5. The van der Waals surface area contributed by atoms with Gasteiger partial charge in [-0.05, 0) is 50.2 Å². The number of amides is 1. The predicted molar refractivity (Wildman–Crippen MR) is 84.8 cm³/mol. The number of carbonyl (C=O) groups is 1. The normalized spacial score (nSPS) is 21.7. The Kier molecular flexibility index (Phi) is 7.49. The summed E-state index contributed by atoms with van der Waals surface area (Å²) in [6.07, 6.45) is 5.47. The molecular formula is C14H23Cl2N3O2. The molecule has 1 heterocycles. The van der Waals surface area contributed by atoms with Gasteiger partial charge in [0.2, 0.25) is 11.1 Å². The standard InChI is InChI=1S/C14H22ClN3O2.ClH/c1-9-11(14(15)20-18-9)6-7-13(19)17-12-5-3-2-4-10(12)8-16;/h10,12H,2-8,16H2,1H3,(H,17,19);1H. The minimum absolute atomic E-state index is 0. The molecule has 120 valence electrons. The van der Waals surface area contributed by atoms with Gasteiger partial charge in [-0.25, -0.2) is 0 Å². The van der Waals surface area contributed by atoms with E-state index in [0.29, 0.717) is 25.3 Å². The van der Waals surface area contributed by atoms with E-state index in [-0.39, 0.29) is 29.6 Å². The fraction of sp³-hybridized carbons (Fsp3) is 0.714. The second-order valence-corrected chi connectivity index (χ2v) is 5.82. The van der Waals surface area contributed by atoms with Crippen LogP contribution in [-0.4, -0.2) is 23.7 Å². The molecule has 2 rings (SSSR count). The van der Waals surface area contributed by atoms with Gasteiger partial charge in [-0.2, -0.15) is 0 Å². The van der Waals surface area contributed by atoms with Crippen LogP contribution in [0.1, 0.15) is 43.4 Å². The maximum Gasteiger partial charge on any atom is 0.229 e. The fourth-order valence-electron chi connectivity index (χ4n) is 2.84. The van der Waals surface area contributed by atoms with Gasteiger partial charge in [0.25, 0.3) is 0 Å². The van der Waals surface area contributed by atoms with E-state index >= 15 is 0 Å². The van der Waals surface area contributed by atoms with Crippen molar-refractivity contribution < 1.29 is 9.32 Å². The molecule has 3 N–H and O–H groups in total. The number of halogens is 2. The molecule has 5 nitrogen and oxygen atoms in total. The first-order valence-corrected chi connectivity index (χ1v) is 7.59. The van der Waals surface area contributed by atoms with Crippen LogP contribution in [-0.2, 0) is 11.2 Å². The zero-order valence-electron chi connectivity index (χ0n) is 12.2. The van der Waals surface area contributed by atoms with Crippen molar-refractivity contribution in [3.05, 3.63) is 16.5 Å². The van der Waals surface area contributed by atoms with Crippen LogP contribution < -0.4 is 11.1 Å². The van der Waals surface area contributed by atoms with Crippen molar-refractivity contribution in [3.63, 3.8) is 0 Å². The van der Waals surface area contributed by atoms with E-state index in [2.05, 4.69) is 10.5 Å². The summed E-state index contributed by atoms with van der Waals surface area (Å²) < 4.78 is 4.88. The molecule has 0 saturated heterocycles. The Labute approximate surface area is 136 Å². The Balaban J connectivity index is 0.00000220. The molecule has 2 atom stereocenters. The van der Waals surface area contributed by atoms with E-state index in [9.17, 15) is 4.79 Å². The summed E-state index contributed by atoms with van der Waals surface area (Å²) in [5, 5.41) is 7.17. The molecule has 0 bridgehead atoms. The number of rotatable bonds is 5. The van der Waals surface area contributed by atoms with E-state index in [4.69, 9.17) is 21.9 Å². The molecule has 0 aliphatic heterocycles. The molecule has 2 unspecified atom stereocenters. The molecule has 0 aromatic carbocycles. The molecule has 7 heteroatoms. The number of nitrogens with two attached hydrogens (primary N) is 1. The summed E-state index contributed by atoms with van der Waals surface area (Å²) >= 11 is 5.89. The molecule has 1 saturated carbocycles. The molecule has 21 heavy (non-hydrogen) atoms. The average molecular weight is 336 g/mol. The van der Waals surface area contributed by atoms with Gasteiger partial charge >= 0.3 is 0 Å². The van der Waals surface area contributed by atoms with Crippen molar-refractivity contribution in [1.29, 1.82) is 0 Å². The van der Waals surface area contributed by atoms with E-state index in [0.717, 1.165) is 30.5 Å². The van der Waals surface area contributed by atoms with Crippen LogP contribution in [0.3, 0.4) is 0 Å². The topological polar surface area (TPSA) is 81.2 Å². The van der Waals surface area contributed by atoms with Crippen LogP contribution in [0.25, 0.3) is 0 Å². The Morgan fingerprint density at radius 1 is 1.48 bits per heavy atom. The van der Waals surface area contributed by atoms with Crippen molar-refractivity contribution in [1.82, 2.24) is 10.5 Å². The summed E-state index contributed by atoms with van der Waals surface area (Å²) in [5.74, 6) is 0.459. The van der Waals surface area contributed by atoms with Crippen molar-refractivity contribution in [2.45, 2.75) is 51.5 Å². The molecule has 1 aliphatic carbocycles. The maximum atomic E-state index is 12.0. The lowest BCUT2D eigenvalue weighted by atomic mass is 9.84. The number of hydrogen-bond acceptors (Lipinski definition) is 4. The lowest BCUT2D eigenvalue weighted by Gasteiger charge is -2.31. The highest BCUT2D eigenvalue weighted by Crippen LogP contribution is 2.24. The number of nitrogens with one attached hydrogen (secondary N) is 1. The molecule has 1 amide bonds. The highest BCUT2D eigenvalue weighted by Gasteiger charge is 2.25. The van der Waals surface area contributed by atoms with Crippen LogP contribution in [0, 0.1) is 12.8 Å². The number of hydrogen-bond donors (Lipinski definition) is 2. The third kappa shape index (κ3) is 4.87. The Morgan fingerprint density at radius 2 is 2.19 bits per heavy atom. The lowest BCUT2D eigenvalue weighted by Crippen LogP contribution is -2.44. The molecule has 1 aromatic heterocycles. The van der Waals surface area contributed by atoms with Gasteiger partial charge in [-0.1, -0.05) is 18.0 Å². The van der Waals surface area contributed by atoms with Crippen LogP contribution in [0.15, 0.2) is 4.52 Å². The van der Waals surface area contributed by atoms with E-state index in [1.807, 2.05) is 6.92 Å². The summed E-state index contributed by atoms with van der Waals surface area (Å²) in [5.41, 5.74) is 7.34. The molecule has 1 fully saturated rings. The Morgan fingerprint density at radius 3 is 2.81 bits per heavy atom. The zero-order valence-corrected chi connectivity index (χ0v) is 13.8. The lowest BCUT2D eigenvalue weighted by molar-refractivity contribution is -0.122. The monoisotopic (exact) mass is 335 g/mol. The second-order valence-electron chi connectivity index (χ2n) is 5.47. The Bertz CT molecular complexity index is 446.